The molecule has 0 radical (unpaired) electrons. The van der Waals surface area contributed by atoms with Gasteiger partial charge < -0.3 is 19.5 Å². The van der Waals surface area contributed by atoms with E-state index in [4.69, 9.17) is 6.11 Å². The van der Waals surface area contributed by atoms with Crippen molar-refractivity contribution in [2.24, 2.45) is 5.92 Å². The molecule has 1 heterocycles. The molecule has 10 heteroatoms. The predicted octanol–water partition coefficient (Wildman–Crippen LogP) is 2.38. The molecular weight excluding hydrogens is 436 g/mol. The summed E-state index contributed by atoms with van der Waals surface area (Å²) in [5.41, 5.74) is -0.615. The van der Waals surface area contributed by atoms with E-state index in [2.05, 4.69) is 14.8 Å². The predicted molar refractivity (Wildman–Crippen MR) is 120 cm³/mol. The Hall–Kier alpha value is -2.46. The van der Waals surface area contributed by atoms with Crippen molar-refractivity contribution >= 4 is 35.2 Å². The number of likely N-dealkylation sites (N-methyl/N-ethyl adjacent to an activating group) is 1. The summed E-state index contributed by atoms with van der Waals surface area (Å²) in [6.45, 7) is 9.24. The Balaban J connectivity index is 3.01. The molecule has 0 fully saturated rings. The second kappa shape index (κ2) is 12.0. The van der Waals surface area contributed by atoms with Crippen LogP contribution in [0.4, 0.5) is 0 Å². The molecule has 0 saturated carbocycles. The third-order valence-electron chi connectivity index (χ3n) is 4.31. The first kappa shape index (κ1) is 25.8. The second-order valence-corrected chi connectivity index (χ2v) is 9.74. The van der Waals surface area contributed by atoms with E-state index in [1.165, 1.54) is 18.4 Å². The third kappa shape index (κ3) is 8.58. The quantitative estimate of drug-likeness (QED) is 0.409. The van der Waals surface area contributed by atoms with Crippen LogP contribution >= 0.6 is 11.3 Å². The van der Waals surface area contributed by atoms with Crippen LogP contribution in [0.1, 0.15) is 57.0 Å². The van der Waals surface area contributed by atoms with Gasteiger partial charge in [-0.2, -0.15) is 0 Å². The van der Waals surface area contributed by atoms with Crippen molar-refractivity contribution in [1.29, 1.82) is 0 Å². The largest absolute Gasteiger partial charge is 0.469 e. The molecule has 180 valence electrons. The number of amides is 1. The number of thiophene rings is 1. The summed E-state index contributed by atoms with van der Waals surface area (Å²) in [6, 6.07) is 1.45. The van der Waals surface area contributed by atoms with Gasteiger partial charge in [0.25, 0.3) is 0 Å². The first-order valence-corrected chi connectivity index (χ1v) is 10.9. The number of esters is 3. The minimum atomic E-state index is -1.20. The Morgan fingerprint density at radius 1 is 1.16 bits per heavy atom. The maximum atomic E-state index is 13.1. The van der Waals surface area contributed by atoms with Gasteiger partial charge in [0.1, 0.15) is 16.5 Å². The molecule has 0 aliphatic carbocycles. The highest BCUT2D eigenvalue weighted by molar-refractivity contribution is 7.13. The SMILES string of the molecule is [2H]CN(Cc1ccc(C(=O)OC(C)(C)C)s1)[C@H](C(=O)N[C@@H](CC(=O)OC)C(=O)OC)C(C)C. The molecule has 0 aliphatic rings. The lowest BCUT2D eigenvalue weighted by atomic mass is 10.0. The van der Waals surface area contributed by atoms with Crippen LogP contribution in [0.5, 0.6) is 0 Å². The summed E-state index contributed by atoms with van der Waals surface area (Å²) < 4.78 is 22.6. The highest BCUT2D eigenvalue weighted by atomic mass is 32.1. The van der Waals surface area contributed by atoms with Gasteiger partial charge in [0.05, 0.1) is 26.7 Å². The fourth-order valence-corrected chi connectivity index (χ4v) is 3.84. The lowest BCUT2D eigenvalue weighted by Gasteiger charge is -2.31. The molecule has 0 bridgehead atoms. The number of ether oxygens (including phenoxy) is 3. The van der Waals surface area contributed by atoms with Gasteiger partial charge in [0.15, 0.2) is 0 Å². The number of carbonyl (C=O) groups is 4. The number of rotatable bonds is 10. The Kier molecular flexibility index (Phi) is 9.64. The van der Waals surface area contributed by atoms with E-state index >= 15 is 0 Å². The zero-order valence-electron chi connectivity index (χ0n) is 20.7. The molecule has 32 heavy (non-hydrogen) atoms. The van der Waals surface area contributed by atoms with Gasteiger partial charge in [0, 0.05) is 12.8 Å². The minimum Gasteiger partial charge on any atom is -0.469 e. The van der Waals surface area contributed by atoms with Gasteiger partial charge in [-0.25, -0.2) is 9.59 Å². The lowest BCUT2D eigenvalue weighted by Crippen LogP contribution is -2.53. The summed E-state index contributed by atoms with van der Waals surface area (Å²) in [6.07, 6.45) is -0.370. The first-order valence-electron chi connectivity index (χ1n) is 10.8. The number of hydrogen-bond donors (Lipinski definition) is 1. The minimum absolute atomic E-state index is 0.199. The molecule has 1 N–H and O–H groups in total. The zero-order chi connectivity index (χ0) is 25.3. The van der Waals surface area contributed by atoms with Crippen molar-refractivity contribution in [2.75, 3.05) is 21.2 Å². The van der Waals surface area contributed by atoms with Crippen LogP contribution in [0, 0.1) is 5.92 Å². The maximum Gasteiger partial charge on any atom is 0.348 e. The van der Waals surface area contributed by atoms with Crippen LogP contribution < -0.4 is 5.32 Å². The third-order valence-corrected chi connectivity index (χ3v) is 5.36. The molecule has 0 aromatic carbocycles. The normalized spacial score (nSPS) is 13.8. The Labute approximate surface area is 194 Å². The van der Waals surface area contributed by atoms with E-state index in [1.807, 2.05) is 13.8 Å². The Morgan fingerprint density at radius 2 is 1.81 bits per heavy atom. The Morgan fingerprint density at radius 3 is 2.31 bits per heavy atom. The van der Waals surface area contributed by atoms with Crippen molar-refractivity contribution in [3.63, 3.8) is 0 Å². The molecule has 1 aromatic rings. The van der Waals surface area contributed by atoms with E-state index in [0.717, 1.165) is 12.0 Å². The average molecular weight is 472 g/mol. The molecule has 9 nitrogen and oxygen atoms in total. The van der Waals surface area contributed by atoms with Crippen molar-refractivity contribution in [3.8, 4) is 0 Å². The Bertz CT molecular complexity index is 835. The van der Waals surface area contributed by atoms with Crippen molar-refractivity contribution < 1.29 is 34.8 Å². The first-order chi connectivity index (χ1) is 15.3. The summed E-state index contributed by atoms with van der Waals surface area (Å²) in [7, 11) is 2.15. The highest BCUT2D eigenvalue weighted by Gasteiger charge is 2.32. The van der Waals surface area contributed by atoms with Gasteiger partial charge in [-0.1, -0.05) is 13.8 Å². The van der Waals surface area contributed by atoms with E-state index in [0.29, 0.717) is 4.88 Å². The van der Waals surface area contributed by atoms with Crippen LogP contribution in [-0.4, -0.2) is 67.6 Å². The van der Waals surface area contributed by atoms with E-state index in [-0.39, 0.29) is 25.9 Å². The number of hydrogen-bond acceptors (Lipinski definition) is 9. The molecule has 1 rings (SSSR count). The molecule has 0 aliphatic heterocycles. The van der Waals surface area contributed by atoms with Crippen LogP contribution in [0.25, 0.3) is 0 Å². The summed E-state index contributed by atoms with van der Waals surface area (Å²) in [5.74, 6) is -2.60. The topological polar surface area (TPSA) is 111 Å². The number of methoxy groups -OCH3 is 2. The lowest BCUT2D eigenvalue weighted by molar-refractivity contribution is -0.151. The van der Waals surface area contributed by atoms with Crippen LogP contribution in [0.15, 0.2) is 12.1 Å². The van der Waals surface area contributed by atoms with Gasteiger partial charge in [-0.15, -0.1) is 11.3 Å². The molecule has 1 amide bonds. The summed E-state index contributed by atoms with van der Waals surface area (Å²) in [5, 5.41) is 2.55. The maximum absolute atomic E-state index is 13.1. The van der Waals surface area contributed by atoms with Crippen LogP contribution in [0.2, 0.25) is 0 Å². The number of nitrogens with one attached hydrogen (secondary N) is 1. The van der Waals surface area contributed by atoms with E-state index in [9.17, 15) is 19.2 Å². The standard InChI is InChI=1S/C22H34N2O7S/c1-13(2)18(19(26)23-15(20(27)30-8)11-17(25)29-7)24(6)12-14-9-10-16(32-14)21(28)31-22(3,4)5/h9-10,13,15,18H,11-12H2,1-8H3,(H,23,26)/t15-,18-/m0/s1/i6D. The van der Waals surface area contributed by atoms with Crippen LogP contribution in [0.3, 0.4) is 0 Å². The zero-order valence-corrected chi connectivity index (χ0v) is 20.5. The van der Waals surface area contributed by atoms with Gasteiger partial charge in [0.2, 0.25) is 5.91 Å². The summed E-state index contributed by atoms with van der Waals surface area (Å²) in [4.78, 5) is 51.9. The van der Waals surface area contributed by atoms with Gasteiger partial charge >= 0.3 is 17.9 Å². The van der Waals surface area contributed by atoms with Crippen LogP contribution in [-0.2, 0) is 35.1 Å². The second-order valence-electron chi connectivity index (χ2n) is 8.57. The molecule has 0 unspecified atom stereocenters. The van der Waals surface area contributed by atoms with Crippen molar-refractivity contribution in [1.82, 2.24) is 10.2 Å². The number of nitrogens with zero attached hydrogens (tertiary/aromatic N) is 1. The van der Waals surface area contributed by atoms with E-state index in [1.54, 1.807) is 37.8 Å². The molecule has 1 aromatic heterocycles. The molecule has 0 saturated heterocycles. The molecule has 2 atom stereocenters. The number of carbonyl (C=O) groups excluding carboxylic acids is 4. The fourth-order valence-electron chi connectivity index (χ4n) is 2.93. The summed E-state index contributed by atoms with van der Waals surface area (Å²) >= 11 is 1.23. The van der Waals surface area contributed by atoms with Gasteiger partial charge in [-0.05, 0) is 45.8 Å². The smallest absolute Gasteiger partial charge is 0.348 e. The van der Waals surface area contributed by atoms with Crippen molar-refractivity contribution in [3.05, 3.63) is 21.9 Å². The van der Waals surface area contributed by atoms with Gasteiger partial charge in [-0.3, -0.25) is 14.5 Å². The fraction of sp³-hybridized carbons (Fsp3) is 0.636. The molecule has 0 spiro atoms. The van der Waals surface area contributed by atoms with Crippen molar-refractivity contribution in [2.45, 2.75) is 65.3 Å². The average Bonchev–Trinajstić information content (AvgIpc) is 3.19. The van der Waals surface area contributed by atoms with E-state index < -0.39 is 41.5 Å². The molecular formula is C22H34N2O7S. The monoisotopic (exact) mass is 471 g/mol. The highest BCUT2D eigenvalue weighted by Crippen LogP contribution is 2.23.